The molecule has 2 aliphatic carbocycles. The van der Waals surface area contributed by atoms with Gasteiger partial charge in [0.1, 0.15) is 5.75 Å². The fraction of sp³-hybridized carbons (Fsp3) is 0.500. The second-order valence-electron chi connectivity index (χ2n) is 5.75. The lowest BCUT2D eigenvalue weighted by Crippen LogP contribution is -2.25. The second-order valence-corrected chi connectivity index (χ2v) is 5.75. The minimum Gasteiger partial charge on any atom is -0.484 e. The number of carbonyl (C=O) groups excluding carboxylic acids is 1. The number of fused-ring (bicyclic) bond motifs is 2. The van der Waals surface area contributed by atoms with Gasteiger partial charge in [0.25, 0.3) is 5.91 Å². The molecule has 0 aromatic heterocycles. The van der Waals surface area contributed by atoms with E-state index in [1.807, 2.05) is 36.5 Å². The molecule has 1 amide bonds. The van der Waals surface area contributed by atoms with Gasteiger partial charge in [-0.25, -0.2) is 5.43 Å². The molecule has 0 spiro atoms. The van der Waals surface area contributed by atoms with Crippen LogP contribution >= 0.6 is 0 Å². The van der Waals surface area contributed by atoms with Crippen LogP contribution in [0.2, 0.25) is 0 Å². The van der Waals surface area contributed by atoms with Crippen molar-refractivity contribution in [2.75, 3.05) is 6.61 Å². The summed E-state index contributed by atoms with van der Waals surface area (Å²) in [7, 11) is 0. The zero-order chi connectivity index (χ0) is 13.8. The summed E-state index contributed by atoms with van der Waals surface area (Å²) in [4.78, 5) is 11.6. The Hall–Kier alpha value is -1.84. The molecule has 1 N–H and O–H groups in total. The summed E-state index contributed by atoms with van der Waals surface area (Å²) in [5, 5.41) is 4.08. The van der Waals surface area contributed by atoms with Gasteiger partial charge < -0.3 is 4.74 Å². The van der Waals surface area contributed by atoms with Gasteiger partial charge >= 0.3 is 0 Å². The van der Waals surface area contributed by atoms with Gasteiger partial charge in [0.2, 0.25) is 0 Å². The molecule has 2 aliphatic rings. The van der Waals surface area contributed by atoms with Crippen LogP contribution in [0.4, 0.5) is 0 Å². The maximum Gasteiger partial charge on any atom is 0.277 e. The first-order valence-electron chi connectivity index (χ1n) is 7.31. The summed E-state index contributed by atoms with van der Waals surface area (Å²) in [6.45, 7) is -0.00191. The third-order valence-electron chi connectivity index (χ3n) is 4.36. The number of hydrogen-bond donors (Lipinski definition) is 1. The fourth-order valence-electron chi connectivity index (χ4n) is 3.38. The fourth-order valence-corrected chi connectivity index (χ4v) is 3.38. The van der Waals surface area contributed by atoms with Crippen molar-refractivity contribution in [2.45, 2.75) is 25.7 Å². The molecular weight excluding hydrogens is 252 g/mol. The third kappa shape index (κ3) is 3.18. The lowest BCUT2D eigenvalue weighted by molar-refractivity contribution is -0.123. The molecule has 0 radical (unpaired) electrons. The van der Waals surface area contributed by atoms with Gasteiger partial charge in [-0.3, -0.25) is 4.79 Å². The topological polar surface area (TPSA) is 50.7 Å². The first-order valence-corrected chi connectivity index (χ1v) is 7.31. The highest BCUT2D eigenvalue weighted by Gasteiger charge is 2.38. The average Bonchev–Trinajstić information content (AvgIpc) is 3.09. The molecule has 1 aromatic carbocycles. The predicted molar refractivity (Wildman–Crippen MR) is 77.5 cm³/mol. The first-order chi connectivity index (χ1) is 9.81. The number of benzene rings is 1. The number of hydrogen-bond acceptors (Lipinski definition) is 3. The summed E-state index contributed by atoms with van der Waals surface area (Å²) >= 11 is 0. The normalized spacial score (nSPS) is 27.9. The van der Waals surface area contributed by atoms with Gasteiger partial charge in [-0.2, -0.15) is 5.10 Å². The number of hydrazone groups is 1. The summed E-state index contributed by atoms with van der Waals surface area (Å²) in [5.41, 5.74) is 2.54. The number of carbonyl (C=O) groups is 1. The zero-order valence-corrected chi connectivity index (χ0v) is 11.5. The summed E-state index contributed by atoms with van der Waals surface area (Å²) in [5.74, 6) is 2.73. The lowest BCUT2D eigenvalue weighted by Gasteiger charge is -2.16. The van der Waals surface area contributed by atoms with E-state index < -0.39 is 0 Å². The number of ether oxygens (including phenoxy) is 1. The van der Waals surface area contributed by atoms with Gasteiger partial charge in [0, 0.05) is 6.21 Å². The summed E-state index contributed by atoms with van der Waals surface area (Å²) in [6, 6.07) is 9.31. The number of nitrogens with one attached hydrogen (secondary N) is 1. The van der Waals surface area contributed by atoms with Crippen LogP contribution in [-0.4, -0.2) is 18.7 Å². The van der Waals surface area contributed by atoms with Crippen molar-refractivity contribution >= 4 is 12.1 Å². The van der Waals surface area contributed by atoms with Crippen LogP contribution in [0.1, 0.15) is 25.7 Å². The van der Waals surface area contributed by atoms with E-state index in [2.05, 4.69) is 10.5 Å². The predicted octanol–water partition coefficient (Wildman–Crippen LogP) is 2.60. The highest BCUT2D eigenvalue weighted by atomic mass is 16.5. The van der Waals surface area contributed by atoms with E-state index in [4.69, 9.17) is 4.74 Å². The van der Waals surface area contributed by atoms with Crippen LogP contribution < -0.4 is 10.2 Å². The highest BCUT2D eigenvalue weighted by Crippen LogP contribution is 2.47. The van der Waals surface area contributed by atoms with E-state index in [0.717, 1.165) is 11.8 Å². The molecule has 3 rings (SSSR count). The zero-order valence-electron chi connectivity index (χ0n) is 11.5. The monoisotopic (exact) mass is 272 g/mol. The van der Waals surface area contributed by atoms with E-state index in [1.54, 1.807) is 0 Å². The molecule has 0 heterocycles. The maximum absolute atomic E-state index is 11.6. The highest BCUT2D eigenvalue weighted by molar-refractivity contribution is 5.78. The van der Waals surface area contributed by atoms with Crippen molar-refractivity contribution in [3.63, 3.8) is 0 Å². The summed E-state index contributed by atoms with van der Waals surface area (Å²) < 4.78 is 5.35. The Balaban J connectivity index is 1.39. The Morgan fingerprint density at radius 2 is 2.15 bits per heavy atom. The maximum atomic E-state index is 11.6. The molecule has 20 heavy (non-hydrogen) atoms. The molecule has 3 unspecified atom stereocenters. The Morgan fingerprint density at radius 3 is 2.85 bits per heavy atom. The van der Waals surface area contributed by atoms with E-state index in [0.29, 0.717) is 11.7 Å². The van der Waals surface area contributed by atoms with Gasteiger partial charge in [0.05, 0.1) is 0 Å². The number of para-hydroxylation sites is 1. The quantitative estimate of drug-likeness (QED) is 0.661. The van der Waals surface area contributed by atoms with Crippen molar-refractivity contribution in [1.29, 1.82) is 0 Å². The van der Waals surface area contributed by atoms with Crippen molar-refractivity contribution < 1.29 is 9.53 Å². The Bertz CT molecular complexity index is 487. The number of rotatable bonds is 5. The standard InChI is InChI=1S/C16H20N2O2/c19-16(11-20-15-4-2-1-3-5-15)18-17-10-14-9-12-6-7-13(14)8-12/h1-5,10,12-14H,6-9,11H2,(H,18,19)/b17-10+. The average molecular weight is 272 g/mol. The van der Waals surface area contributed by atoms with Crippen molar-refractivity contribution in [1.82, 2.24) is 5.43 Å². The molecule has 4 heteroatoms. The van der Waals surface area contributed by atoms with Gasteiger partial charge in [-0.1, -0.05) is 24.6 Å². The van der Waals surface area contributed by atoms with Gasteiger partial charge in [0.15, 0.2) is 6.61 Å². The van der Waals surface area contributed by atoms with E-state index >= 15 is 0 Å². The summed E-state index contributed by atoms with van der Waals surface area (Å²) in [6.07, 6.45) is 7.22. The van der Waals surface area contributed by atoms with Gasteiger partial charge in [-0.05, 0) is 49.1 Å². The van der Waals surface area contributed by atoms with Gasteiger partial charge in [-0.15, -0.1) is 0 Å². The van der Waals surface area contributed by atoms with Crippen LogP contribution in [0.5, 0.6) is 5.75 Å². The minimum absolute atomic E-state index is 0.00191. The molecule has 1 aromatic rings. The van der Waals surface area contributed by atoms with Crippen molar-refractivity contribution in [2.24, 2.45) is 22.9 Å². The number of nitrogens with zero attached hydrogens (tertiary/aromatic N) is 1. The van der Waals surface area contributed by atoms with Crippen molar-refractivity contribution in [3.05, 3.63) is 30.3 Å². The molecule has 106 valence electrons. The molecule has 2 saturated carbocycles. The van der Waals surface area contributed by atoms with E-state index in [-0.39, 0.29) is 12.5 Å². The SMILES string of the molecule is O=C(COc1ccccc1)N/N=C/C1CC2CCC1C2. The van der Waals surface area contributed by atoms with Crippen molar-refractivity contribution in [3.8, 4) is 5.75 Å². The lowest BCUT2D eigenvalue weighted by atomic mass is 9.90. The molecule has 0 saturated heterocycles. The third-order valence-corrected chi connectivity index (χ3v) is 4.36. The van der Waals surface area contributed by atoms with Crippen LogP contribution in [0.15, 0.2) is 35.4 Å². The van der Waals surface area contributed by atoms with Crippen LogP contribution in [0.3, 0.4) is 0 Å². The second kappa shape index (κ2) is 6.07. The van der Waals surface area contributed by atoms with E-state index in [1.165, 1.54) is 25.7 Å². The van der Waals surface area contributed by atoms with E-state index in [9.17, 15) is 4.79 Å². The molecule has 4 nitrogen and oxygen atoms in total. The minimum atomic E-state index is -0.215. The molecule has 2 fully saturated rings. The first kappa shape index (κ1) is 13.2. The molecule has 3 atom stereocenters. The molecule has 0 aliphatic heterocycles. The smallest absolute Gasteiger partial charge is 0.277 e. The largest absolute Gasteiger partial charge is 0.484 e. The Morgan fingerprint density at radius 1 is 1.30 bits per heavy atom. The Kier molecular flexibility index (Phi) is 4.00. The number of amides is 1. The Labute approximate surface area is 119 Å². The molecule has 2 bridgehead atoms. The van der Waals surface area contributed by atoms with Crippen LogP contribution in [0, 0.1) is 17.8 Å². The van der Waals surface area contributed by atoms with Crippen LogP contribution in [0.25, 0.3) is 0 Å². The molecular formula is C16H20N2O2. The van der Waals surface area contributed by atoms with Crippen LogP contribution in [-0.2, 0) is 4.79 Å².